The zero-order chi connectivity index (χ0) is 4.99. The number of Topliss-reactive ketones (excluding diaryl/α,β-unsaturated/α-hetero) is 1. The first-order valence-corrected chi connectivity index (χ1v) is 1.63. The first-order valence-electron chi connectivity index (χ1n) is 1.63. The van der Waals surface area contributed by atoms with Gasteiger partial charge in [0, 0.05) is 6.92 Å². The van der Waals surface area contributed by atoms with E-state index < -0.39 is 0 Å². The Bertz CT molecular complexity index is 69.2. The van der Waals surface area contributed by atoms with Crippen LogP contribution in [-0.4, -0.2) is 12.3 Å². The highest BCUT2D eigenvalue weighted by Crippen LogP contribution is 1.50. The monoisotopic (exact) mass is 86.0 g/mol. The molecule has 0 heterocycles. The standard InChI is InChI=1S/C3H6N2O/c1-3(6)2-5-4/h5H,2H2,1H3. The molecule has 0 aliphatic heterocycles. The van der Waals surface area contributed by atoms with Crippen molar-refractivity contribution in [2.24, 2.45) is 0 Å². The van der Waals surface area contributed by atoms with Crippen LogP contribution in [0.25, 0.3) is 5.53 Å². The van der Waals surface area contributed by atoms with Crippen LogP contribution in [0.5, 0.6) is 0 Å². The van der Waals surface area contributed by atoms with Gasteiger partial charge in [0.1, 0.15) is 0 Å². The largest absolute Gasteiger partial charge is 0.508 e. The third-order valence-electron chi connectivity index (χ3n) is 0.328. The van der Waals surface area contributed by atoms with E-state index in [1.165, 1.54) is 6.92 Å². The van der Waals surface area contributed by atoms with Gasteiger partial charge in [-0.15, -0.1) is 0 Å². The van der Waals surface area contributed by atoms with Crippen LogP contribution in [0.3, 0.4) is 0 Å². The number of hydrogen-bond donors (Lipinski definition) is 1. The van der Waals surface area contributed by atoms with Crippen LogP contribution in [0.15, 0.2) is 0 Å². The Hall–Kier alpha value is -0.730. The highest BCUT2D eigenvalue weighted by molar-refractivity contribution is 5.76. The van der Waals surface area contributed by atoms with Crippen LogP contribution < -0.4 is 5.11 Å². The van der Waals surface area contributed by atoms with Crippen molar-refractivity contribution in [3.8, 4) is 0 Å². The van der Waals surface area contributed by atoms with Gasteiger partial charge in [-0.1, -0.05) is 0 Å². The minimum absolute atomic E-state index is 0.0417. The Kier molecular flexibility index (Phi) is 2.20. The van der Waals surface area contributed by atoms with E-state index in [-0.39, 0.29) is 12.3 Å². The van der Waals surface area contributed by atoms with Gasteiger partial charge in [-0.2, -0.15) is 0 Å². The van der Waals surface area contributed by atoms with Gasteiger partial charge in [0.15, 0.2) is 12.3 Å². The lowest BCUT2D eigenvalue weighted by molar-refractivity contribution is -0.467. The van der Waals surface area contributed by atoms with Crippen molar-refractivity contribution in [1.29, 1.82) is 0 Å². The van der Waals surface area contributed by atoms with Crippen molar-refractivity contribution in [2.75, 3.05) is 6.54 Å². The summed E-state index contributed by atoms with van der Waals surface area (Å²) in [6, 6.07) is 0. The Labute approximate surface area is 35.9 Å². The van der Waals surface area contributed by atoms with Gasteiger partial charge in [-0.05, 0) is 0 Å². The van der Waals surface area contributed by atoms with Crippen LogP contribution in [0.4, 0.5) is 0 Å². The first-order chi connectivity index (χ1) is 2.77. The average molecular weight is 86.1 g/mol. The molecule has 0 spiro atoms. The maximum absolute atomic E-state index is 9.82. The fourth-order valence-corrected chi connectivity index (χ4v) is 0.111. The molecule has 0 bridgehead atoms. The molecule has 0 aromatic carbocycles. The van der Waals surface area contributed by atoms with Gasteiger partial charge in [0.05, 0.1) is 0 Å². The van der Waals surface area contributed by atoms with E-state index >= 15 is 0 Å². The summed E-state index contributed by atoms with van der Waals surface area (Å²) in [5.41, 5.74) is 7.77. The summed E-state index contributed by atoms with van der Waals surface area (Å²) in [5.74, 6) is -0.0718. The van der Waals surface area contributed by atoms with E-state index in [0.29, 0.717) is 0 Å². The van der Waals surface area contributed by atoms with Gasteiger partial charge in [0.25, 0.3) is 0 Å². The molecule has 0 aromatic rings. The lowest BCUT2D eigenvalue weighted by Gasteiger charge is -1.75. The van der Waals surface area contributed by atoms with Gasteiger partial charge in [0.2, 0.25) is 0 Å². The second-order valence-electron chi connectivity index (χ2n) is 1.04. The van der Waals surface area contributed by atoms with E-state index in [1.807, 2.05) is 0 Å². The van der Waals surface area contributed by atoms with Crippen molar-refractivity contribution < 1.29 is 9.91 Å². The molecule has 1 N–H and O–H groups in total. The summed E-state index contributed by atoms with van der Waals surface area (Å²) in [7, 11) is 0. The number of nitrogens with zero attached hydrogens (tertiary/aromatic N) is 1. The topological polar surface area (TPSA) is 53.3 Å². The Morgan fingerprint density at radius 1 is 2.00 bits per heavy atom. The van der Waals surface area contributed by atoms with Gasteiger partial charge >= 0.3 is 0 Å². The lowest BCUT2D eigenvalue weighted by atomic mass is 10.5. The third kappa shape index (κ3) is 3.27. The minimum Gasteiger partial charge on any atom is -0.508 e. The van der Waals surface area contributed by atoms with Gasteiger partial charge in [-0.3, -0.25) is 4.79 Å². The first kappa shape index (κ1) is 5.27. The summed E-state index contributed by atoms with van der Waals surface area (Å²) in [6.07, 6.45) is 0. The molecule has 0 rings (SSSR count). The van der Waals surface area contributed by atoms with Gasteiger partial charge in [-0.25, -0.2) is 0 Å². The molecule has 3 heteroatoms. The van der Waals surface area contributed by atoms with Gasteiger partial charge < -0.3 is 10.6 Å². The summed E-state index contributed by atoms with van der Waals surface area (Å²) in [6.45, 7) is 1.43. The number of nitrogens with one attached hydrogen (secondary N) is 1. The molecule has 0 radical (unpaired) electrons. The van der Waals surface area contributed by atoms with Crippen molar-refractivity contribution >= 4 is 5.78 Å². The Morgan fingerprint density at radius 3 is 2.50 bits per heavy atom. The zero-order valence-corrected chi connectivity index (χ0v) is 3.56. The molecular formula is C3H6N2O. The molecular weight excluding hydrogens is 80.0 g/mol. The molecule has 0 saturated carbocycles. The lowest BCUT2D eigenvalue weighted by Crippen LogP contribution is -2.65. The summed E-state index contributed by atoms with van der Waals surface area (Å²) >= 11 is 0. The van der Waals surface area contributed by atoms with Crippen LogP contribution in [0, 0.1) is 0 Å². The molecule has 0 aromatic heterocycles. The summed E-state index contributed by atoms with van der Waals surface area (Å²) in [4.78, 5) is 9.82. The quantitative estimate of drug-likeness (QED) is 0.416. The maximum Gasteiger partial charge on any atom is 0.193 e. The maximum atomic E-state index is 9.82. The Morgan fingerprint density at radius 2 is 2.50 bits per heavy atom. The second-order valence-corrected chi connectivity index (χ2v) is 1.04. The smallest absolute Gasteiger partial charge is 0.193 e. The predicted molar refractivity (Wildman–Crippen MR) is 19.9 cm³/mol. The fraction of sp³-hybridized carbons (Fsp3) is 0.667. The molecule has 0 atom stereocenters. The fourth-order valence-electron chi connectivity index (χ4n) is 0.111. The molecule has 0 saturated heterocycles. The van der Waals surface area contributed by atoms with Crippen LogP contribution in [0.2, 0.25) is 0 Å². The molecule has 34 valence electrons. The van der Waals surface area contributed by atoms with Crippen LogP contribution in [0.1, 0.15) is 6.92 Å². The van der Waals surface area contributed by atoms with E-state index in [0.717, 1.165) is 0 Å². The highest BCUT2D eigenvalue weighted by Gasteiger charge is 1.84. The van der Waals surface area contributed by atoms with Crippen LogP contribution in [-0.2, 0) is 4.79 Å². The summed E-state index contributed by atoms with van der Waals surface area (Å²) in [5, 5.41) is 1.72. The SMILES string of the molecule is CC(=O)C[NH+]=[N-]. The zero-order valence-electron chi connectivity index (χ0n) is 3.56. The number of rotatable bonds is 2. The van der Waals surface area contributed by atoms with Crippen molar-refractivity contribution in [2.45, 2.75) is 6.92 Å². The Balaban J connectivity index is 3.05. The normalized spacial score (nSPS) is 7.50. The molecule has 0 fully saturated rings. The highest BCUT2D eigenvalue weighted by atomic mass is 16.1. The predicted octanol–water partition coefficient (Wildman–Crippen LogP) is -1.32. The third-order valence-corrected chi connectivity index (χ3v) is 0.328. The number of hydrogen-bond acceptors (Lipinski definition) is 1. The van der Waals surface area contributed by atoms with E-state index in [1.54, 1.807) is 5.11 Å². The minimum atomic E-state index is -0.0718. The second kappa shape index (κ2) is 2.50. The number of carbonyl (C=O) groups excluding carboxylic acids is 1. The van der Waals surface area contributed by atoms with Crippen molar-refractivity contribution in [3.05, 3.63) is 5.53 Å². The van der Waals surface area contributed by atoms with E-state index in [9.17, 15) is 4.79 Å². The van der Waals surface area contributed by atoms with Crippen molar-refractivity contribution in [1.82, 2.24) is 0 Å². The van der Waals surface area contributed by atoms with E-state index in [2.05, 4.69) is 0 Å². The molecule has 6 heavy (non-hydrogen) atoms. The molecule has 0 unspecified atom stereocenters. The molecule has 0 aliphatic rings. The molecule has 0 aliphatic carbocycles. The summed E-state index contributed by atoms with van der Waals surface area (Å²) < 4.78 is 0. The number of ketones is 1. The number of carbonyl (C=O) groups is 1. The molecule has 0 amide bonds. The van der Waals surface area contributed by atoms with E-state index in [4.69, 9.17) is 5.53 Å². The van der Waals surface area contributed by atoms with Crippen LogP contribution >= 0.6 is 0 Å². The van der Waals surface area contributed by atoms with Crippen molar-refractivity contribution in [3.63, 3.8) is 0 Å². The molecule has 3 nitrogen and oxygen atoms in total. The average Bonchev–Trinajstić information content (AvgIpc) is 1.35.